The molecule has 1 heterocycles. The van der Waals surface area contributed by atoms with E-state index in [9.17, 15) is 9.90 Å². The zero-order valence-electron chi connectivity index (χ0n) is 12.9. The highest BCUT2D eigenvalue weighted by Crippen LogP contribution is 2.24. The van der Waals surface area contributed by atoms with Gasteiger partial charge >= 0.3 is 0 Å². The Labute approximate surface area is 141 Å². The van der Waals surface area contributed by atoms with Gasteiger partial charge in [-0.25, -0.2) is 0 Å². The summed E-state index contributed by atoms with van der Waals surface area (Å²) in [5.74, 6) is 0.313. The molecule has 1 unspecified atom stereocenters. The molecule has 2 atom stereocenters. The summed E-state index contributed by atoms with van der Waals surface area (Å²) in [7, 11) is 0. The molecule has 1 aliphatic heterocycles. The second kappa shape index (κ2) is 7.16. The quantitative estimate of drug-likeness (QED) is 0.854. The normalized spacial score (nSPS) is 19.1. The molecule has 2 aromatic rings. The van der Waals surface area contributed by atoms with Crippen LogP contribution in [-0.4, -0.2) is 34.1 Å². The summed E-state index contributed by atoms with van der Waals surface area (Å²) in [6.07, 6.45) is 0.858. The van der Waals surface area contributed by atoms with Crippen molar-refractivity contribution >= 4 is 17.5 Å². The number of carbonyl (C=O) groups is 1. The minimum atomic E-state index is -0.699. The number of aliphatic hydroxyl groups excluding tert-OH is 1. The zero-order chi connectivity index (χ0) is 16.2. The third-order valence-corrected chi connectivity index (χ3v) is 4.69. The topological polar surface area (TPSA) is 40.5 Å². The van der Waals surface area contributed by atoms with Crippen LogP contribution in [0.4, 0.5) is 0 Å². The largest absolute Gasteiger partial charge is 0.373 e. The Kier molecular flexibility index (Phi) is 4.99. The summed E-state index contributed by atoms with van der Waals surface area (Å²) in [6, 6.07) is 18.3. The fourth-order valence-corrected chi connectivity index (χ4v) is 3.35. The van der Waals surface area contributed by atoms with Gasteiger partial charge in [0, 0.05) is 18.7 Å². The van der Waals surface area contributed by atoms with Gasteiger partial charge in [0.25, 0.3) is 0 Å². The number of benzene rings is 2. The van der Waals surface area contributed by atoms with Crippen LogP contribution in [0.25, 0.3) is 11.1 Å². The number of alkyl halides is 1. The molecule has 1 N–H and O–H groups in total. The molecular weight excluding hydrogens is 310 g/mol. The van der Waals surface area contributed by atoms with Gasteiger partial charge in [0.1, 0.15) is 6.23 Å². The van der Waals surface area contributed by atoms with E-state index in [0.717, 1.165) is 11.1 Å². The third-order valence-electron chi connectivity index (χ3n) is 4.33. The first-order chi connectivity index (χ1) is 11.2. The first kappa shape index (κ1) is 16.0. The number of halogens is 1. The lowest BCUT2D eigenvalue weighted by Gasteiger charge is -2.29. The van der Waals surface area contributed by atoms with Crippen LogP contribution in [0, 0.1) is 0 Å². The van der Waals surface area contributed by atoms with E-state index in [4.69, 9.17) is 11.6 Å². The number of nitrogens with zero attached hydrogens (tertiary/aromatic N) is 1. The first-order valence-corrected chi connectivity index (χ1v) is 8.42. The molecule has 23 heavy (non-hydrogen) atoms. The van der Waals surface area contributed by atoms with Crippen molar-refractivity contribution in [2.45, 2.75) is 31.5 Å². The van der Waals surface area contributed by atoms with Crippen LogP contribution in [0.3, 0.4) is 0 Å². The molecule has 3 rings (SSSR count). The fourth-order valence-electron chi connectivity index (χ4n) is 3.10. The van der Waals surface area contributed by atoms with Crippen LogP contribution in [0.1, 0.15) is 18.4 Å². The average molecular weight is 330 g/mol. The molecule has 1 aliphatic rings. The van der Waals surface area contributed by atoms with Crippen LogP contribution < -0.4 is 0 Å². The first-order valence-electron chi connectivity index (χ1n) is 7.88. The van der Waals surface area contributed by atoms with Crippen LogP contribution in [-0.2, 0) is 11.2 Å². The molecule has 0 radical (unpaired) electrons. The van der Waals surface area contributed by atoms with E-state index in [1.165, 1.54) is 10.5 Å². The van der Waals surface area contributed by atoms with Crippen molar-refractivity contribution in [3.05, 3.63) is 60.2 Å². The van der Waals surface area contributed by atoms with E-state index in [2.05, 4.69) is 36.4 Å². The number of likely N-dealkylation sites (tertiary alicyclic amines) is 1. The number of hydrogen-bond donors (Lipinski definition) is 1. The summed E-state index contributed by atoms with van der Waals surface area (Å²) in [4.78, 5) is 13.5. The van der Waals surface area contributed by atoms with E-state index in [1.54, 1.807) is 0 Å². The van der Waals surface area contributed by atoms with Gasteiger partial charge in [0.05, 0.1) is 6.04 Å². The Morgan fingerprint density at radius 2 is 1.74 bits per heavy atom. The Morgan fingerprint density at radius 1 is 1.09 bits per heavy atom. The molecule has 4 heteroatoms. The third kappa shape index (κ3) is 3.57. The number of rotatable bonds is 5. The van der Waals surface area contributed by atoms with Crippen molar-refractivity contribution in [2.75, 3.05) is 5.88 Å². The van der Waals surface area contributed by atoms with Crippen LogP contribution in [0.2, 0.25) is 0 Å². The van der Waals surface area contributed by atoms with Crippen molar-refractivity contribution in [1.82, 2.24) is 4.90 Å². The van der Waals surface area contributed by atoms with Gasteiger partial charge in [-0.3, -0.25) is 4.79 Å². The van der Waals surface area contributed by atoms with Crippen LogP contribution >= 0.6 is 11.6 Å². The second-order valence-corrected chi connectivity index (χ2v) is 6.20. The maximum atomic E-state index is 11.9. The number of aliphatic hydroxyl groups is 1. The summed E-state index contributed by atoms with van der Waals surface area (Å²) in [6.45, 7) is 0. The Morgan fingerprint density at radius 3 is 2.30 bits per heavy atom. The number of amides is 1. The number of hydrogen-bond acceptors (Lipinski definition) is 2. The minimum absolute atomic E-state index is 0.0101. The fraction of sp³-hybridized carbons (Fsp3) is 0.316. The highest BCUT2D eigenvalue weighted by Gasteiger charge is 2.34. The molecule has 0 aromatic heterocycles. The molecule has 0 aliphatic carbocycles. The van der Waals surface area contributed by atoms with Gasteiger partial charge in [-0.1, -0.05) is 54.6 Å². The highest BCUT2D eigenvalue weighted by atomic mass is 35.5. The van der Waals surface area contributed by atoms with Gasteiger partial charge in [-0.15, -0.1) is 11.6 Å². The average Bonchev–Trinajstić information content (AvgIpc) is 2.93. The molecular formula is C19H20ClNO2. The van der Waals surface area contributed by atoms with E-state index < -0.39 is 6.23 Å². The molecule has 0 spiro atoms. The van der Waals surface area contributed by atoms with Crippen molar-refractivity contribution in [3.8, 4) is 11.1 Å². The standard InChI is InChI=1S/C19H20ClNO2/c20-13-17(21-18(22)10-11-19(21)23)12-14-6-8-16(9-7-14)15-4-2-1-3-5-15/h1-9,17-18,22H,10-13H2/t17-,18?/m1/s1. The Balaban J connectivity index is 1.73. The van der Waals surface area contributed by atoms with Gasteiger partial charge in [-0.2, -0.15) is 0 Å². The van der Waals surface area contributed by atoms with Gasteiger partial charge < -0.3 is 10.0 Å². The van der Waals surface area contributed by atoms with Crippen LogP contribution in [0.15, 0.2) is 54.6 Å². The summed E-state index contributed by atoms with van der Waals surface area (Å²) >= 11 is 6.05. The van der Waals surface area contributed by atoms with E-state index in [1.807, 2.05) is 18.2 Å². The Bertz CT molecular complexity index is 657. The monoisotopic (exact) mass is 329 g/mol. The molecule has 120 valence electrons. The number of carbonyl (C=O) groups excluding carboxylic acids is 1. The molecule has 1 fully saturated rings. The van der Waals surface area contributed by atoms with E-state index in [-0.39, 0.29) is 11.9 Å². The van der Waals surface area contributed by atoms with Crippen molar-refractivity contribution in [3.63, 3.8) is 0 Å². The summed E-state index contributed by atoms with van der Waals surface area (Å²) in [5, 5.41) is 9.98. The molecule has 2 aromatic carbocycles. The van der Waals surface area contributed by atoms with Crippen LogP contribution in [0.5, 0.6) is 0 Å². The van der Waals surface area contributed by atoms with Crippen molar-refractivity contribution < 1.29 is 9.90 Å². The lowest BCUT2D eigenvalue weighted by atomic mass is 10.0. The molecule has 0 bridgehead atoms. The maximum absolute atomic E-state index is 11.9. The Hall–Kier alpha value is -1.84. The summed E-state index contributed by atoms with van der Waals surface area (Å²) < 4.78 is 0. The lowest BCUT2D eigenvalue weighted by Crippen LogP contribution is -2.44. The molecule has 3 nitrogen and oxygen atoms in total. The predicted molar refractivity (Wildman–Crippen MR) is 92.2 cm³/mol. The van der Waals surface area contributed by atoms with Gasteiger partial charge in [-0.05, 0) is 23.1 Å². The minimum Gasteiger partial charge on any atom is -0.373 e. The maximum Gasteiger partial charge on any atom is 0.225 e. The van der Waals surface area contributed by atoms with Gasteiger partial charge in [0.2, 0.25) is 5.91 Å². The lowest BCUT2D eigenvalue weighted by molar-refractivity contribution is -0.135. The van der Waals surface area contributed by atoms with E-state index in [0.29, 0.717) is 25.1 Å². The molecule has 1 saturated heterocycles. The summed E-state index contributed by atoms with van der Waals surface area (Å²) in [5.41, 5.74) is 3.45. The van der Waals surface area contributed by atoms with Crippen molar-refractivity contribution in [1.29, 1.82) is 0 Å². The SMILES string of the molecule is O=C1CCC(O)N1[C@@H](CCl)Cc1ccc(-c2ccccc2)cc1. The smallest absolute Gasteiger partial charge is 0.225 e. The van der Waals surface area contributed by atoms with E-state index >= 15 is 0 Å². The van der Waals surface area contributed by atoms with Gasteiger partial charge in [0.15, 0.2) is 0 Å². The zero-order valence-corrected chi connectivity index (χ0v) is 13.6. The molecule has 0 saturated carbocycles. The predicted octanol–water partition coefficient (Wildman–Crippen LogP) is 3.44. The highest BCUT2D eigenvalue weighted by molar-refractivity contribution is 6.18. The molecule has 1 amide bonds. The second-order valence-electron chi connectivity index (χ2n) is 5.90. The van der Waals surface area contributed by atoms with Crippen molar-refractivity contribution in [2.24, 2.45) is 0 Å².